The van der Waals surface area contributed by atoms with Gasteiger partial charge in [-0.05, 0) is 19.0 Å². The Bertz CT molecular complexity index is 777. The van der Waals surface area contributed by atoms with Crippen molar-refractivity contribution in [1.82, 2.24) is 5.32 Å². The summed E-state index contributed by atoms with van der Waals surface area (Å²) in [6.45, 7) is 2.90. The average Bonchev–Trinajstić information content (AvgIpc) is 2.57. The number of aliphatic carboxylic acids is 1. The second kappa shape index (κ2) is 11.8. The Balaban J connectivity index is 3.32. The van der Waals surface area contributed by atoms with Gasteiger partial charge in [-0.1, -0.05) is 55.7 Å². The number of primary sulfonamides is 1. The fraction of sp³-hybridized carbons (Fsp3) is 0.444. The van der Waals surface area contributed by atoms with E-state index < -0.39 is 28.0 Å². The molecule has 148 valence electrons. The van der Waals surface area contributed by atoms with Crippen molar-refractivity contribution in [1.29, 1.82) is 0 Å². The van der Waals surface area contributed by atoms with Gasteiger partial charge in [-0.15, -0.1) is 6.42 Å². The first-order valence-electron chi connectivity index (χ1n) is 8.49. The molecule has 27 heavy (non-hydrogen) atoms. The summed E-state index contributed by atoms with van der Waals surface area (Å²) in [6, 6.07) is -0.510. The van der Waals surface area contributed by atoms with Crippen molar-refractivity contribution in [2.45, 2.75) is 32.2 Å². The number of carboxylic acid groups (broad SMARTS) is 1. The topological polar surface area (TPSA) is 122 Å². The van der Waals surface area contributed by atoms with E-state index in [9.17, 15) is 18.3 Å². The fourth-order valence-corrected chi connectivity index (χ4v) is 4.24. The summed E-state index contributed by atoms with van der Waals surface area (Å²) in [5.41, 5.74) is 1.47. The number of allylic oxidation sites excluding steroid dienone is 1. The maximum absolute atomic E-state index is 12.1. The van der Waals surface area contributed by atoms with Crippen molar-refractivity contribution in [3.8, 4) is 12.3 Å². The van der Waals surface area contributed by atoms with E-state index in [0.717, 1.165) is 31.0 Å². The lowest BCUT2D eigenvalue weighted by Gasteiger charge is -2.21. The molecule has 2 atom stereocenters. The summed E-state index contributed by atoms with van der Waals surface area (Å²) in [5, 5.41) is 17.9. The second-order valence-corrected chi connectivity index (χ2v) is 8.20. The van der Waals surface area contributed by atoms with E-state index >= 15 is 0 Å². The smallest absolute Gasteiger partial charge is 0.314 e. The lowest BCUT2D eigenvalue weighted by atomic mass is 10.0. The molecule has 0 saturated carbocycles. The van der Waals surface area contributed by atoms with E-state index in [2.05, 4.69) is 23.2 Å². The number of hydrogen-bond acceptors (Lipinski definition) is 6. The van der Waals surface area contributed by atoms with E-state index in [1.807, 2.05) is 0 Å². The minimum Gasteiger partial charge on any atom is -0.481 e. The van der Waals surface area contributed by atoms with Gasteiger partial charge in [-0.2, -0.15) is 0 Å². The number of nitrogens with one attached hydrogen (secondary N) is 1. The van der Waals surface area contributed by atoms with E-state index in [1.54, 1.807) is 6.08 Å². The Morgan fingerprint density at radius 3 is 2.78 bits per heavy atom. The van der Waals surface area contributed by atoms with Crippen LogP contribution in [0.15, 0.2) is 39.1 Å². The molecule has 0 aliphatic heterocycles. The molecule has 1 aliphatic carbocycles. The zero-order valence-corrected chi connectivity index (χ0v) is 16.8. The number of rotatable bonds is 10. The molecule has 0 fully saturated rings. The van der Waals surface area contributed by atoms with Gasteiger partial charge in [0.1, 0.15) is 6.54 Å². The molecule has 0 spiro atoms. The highest BCUT2D eigenvalue weighted by atomic mass is 32.2. The van der Waals surface area contributed by atoms with Crippen LogP contribution in [0.2, 0.25) is 0 Å². The van der Waals surface area contributed by atoms with E-state index in [1.165, 1.54) is 23.8 Å². The summed E-state index contributed by atoms with van der Waals surface area (Å²) in [6.07, 6.45) is 13.9. The first kappa shape index (κ1) is 23.2. The summed E-state index contributed by atoms with van der Waals surface area (Å²) < 4.78 is 24.3. The summed E-state index contributed by atoms with van der Waals surface area (Å²) in [4.78, 5) is 15.6. The van der Waals surface area contributed by atoms with Gasteiger partial charge in [0.25, 0.3) is 0 Å². The molecule has 0 bridgehead atoms. The van der Waals surface area contributed by atoms with Crippen molar-refractivity contribution >= 4 is 33.3 Å². The summed E-state index contributed by atoms with van der Waals surface area (Å²) in [7, 11) is -4.07. The van der Waals surface area contributed by atoms with Crippen LogP contribution < -0.4 is 10.5 Å². The molecule has 0 amide bonds. The highest BCUT2D eigenvalue weighted by Gasteiger charge is 2.25. The Morgan fingerprint density at radius 1 is 1.44 bits per heavy atom. The first-order chi connectivity index (χ1) is 12.8. The SMILES string of the molecule is C#CC/N=C/S/C1=C(\S(N)(=O)=O)C=CC(C(=O)O)C=CC1NCCCCC. The standard InChI is InChI=1S/C18H25N3O4S2/c1-3-5-6-12-21-15-9-7-14(18(22)23)8-10-16(27(19,24)25)17(15)26-13-20-11-4-2/h2,7-10,13-15,21H,3,5-6,11-12H2,1H3,(H,22,23)(H2,19,24,25)/b9-7?,10-8?,17-16-,20-13+. The number of unbranched alkanes of at least 4 members (excludes halogenated alkanes) is 2. The number of carboxylic acids is 1. The van der Waals surface area contributed by atoms with Crippen LogP contribution in [0.5, 0.6) is 0 Å². The zero-order chi connectivity index (χ0) is 20.3. The number of terminal acetylenes is 1. The number of thioether (sulfide) groups is 1. The third kappa shape index (κ3) is 8.13. The molecule has 1 aliphatic rings. The highest BCUT2D eigenvalue weighted by molar-refractivity contribution is 8.16. The van der Waals surface area contributed by atoms with Crippen molar-refractivity contribution in [2.24, 2.45) is 16.0 Å². The van der Waals surface area contributed by atoms with Crippen LogP contribution in [0.3, 0.4) is 0 Å². The van der Waals surface area contributed by atoms with Gasteiger partial charge in [0.05, 0.1) is 22.4 Å². The van der Waals surface area contributed by atoms with E-state index in [-0.39, 0.29) is 11.4 Å². The van der Waals surface area contributed by atoms with Crippen molar-refractivity contribution in [2.75, 3.05) is 13.1 Å². The third-order valence-electron chi connectivity index (χ3n) is 3.66. The quantitative estimate of drug-likeness (QED) is 0.166. The molecule has 0 aromatic heterocycles. The van der Waals surface area contributed by atoms with Crippen LogP contribution >= 0.6 is 11.8 Å². The van der Waals surface area contributed by atoms with Crippen LogP contribution in [-0.4, -0.2) is 44.2 Å². The molecule has 2 unspecified atom stereocenters. The van der Waals surface area contributed by atoms with E-state index in [4.69, 9.17) is 11.6 Å². The van der Waals surface area contributed by atoms with Gasteiger partial charge in [-0.25, -0.2) is 13.6 Å². The molecule has 9 heteroatoms. The maximum atomic E-state index is 12.1. The Hall–Kier alpha value is -1.86. The zero-order valence-electron chi connectivity index (χ0n) is 15.2. The van der Waals surface area contributed by atoms with Gasteiger partial charge in [0.2, 0.25) is 10.0 Å². The third-order valence-corrected chi connectivity index (χ3v) is 5.74. The molecule has 0 aromatic carbocycles. The van der Waals surface area contributed by atoms with Crippen molar-refractivity contribution in [3.63, 3.8) is 0 Å². The van der Waals surface area contributed by atoms with Crippen LogP contribution in [0, 0.1) is 18.3 Å². The number of hydrogen-bond donors (Lipinski definition) is 3. The molecule has 0 aromatic rings. The van der Waals surface area contributed by atoms with Gasteiger partial charge in [0, 0.05) is 4.91 Å². The molecular formula is C18H25N3O4S2. The van der Waals surface area contributed by atoms with Gasteiger partial charge in [0.15, 0.2) is 0 Å². The predicted octanol–water partition coefficient (Wildman–Crippen LogP) is 1.86. The molecule has 0 radical (unpaired) electrons. The Kier molecular flexibility index (Phi) is 10.1. The second-order valence-electron chi connectivity index (χ2n) is 5.79. The van der Waals surface area contributed by atoms with Crippen LogP contribution in [0.1, 0.15) is 26.2 Å². The Labute approximate surface area is 164 Å². The summed E-state index contributed by atoms with van der Waals surface area (Å²) in [5.74, 6) is 0.350. The number of nitrogens with zero attached hydrogens (tertiary/aromatic N) is 1. The normalized spacial score (nSPS) is 23.1. The van der Waals surface area contributed by atoms with Crippen LogP contribution in [0.4, 0.5) is 0 Å². The van der Waals surface area contributed by atoms with Gasteiger partial charge in [-0.3, -0.25) is 9.79 Å². The number of sulfonamides is 1. The van der Waals surface area contributed by atoms with Crippen LogP contribution in [-0.2, 0) is 14.8 Å². The number of nitrogens with two attached hydrogens (primary N) is 1. The molecular weight excluding hydrogens is 386 g/mol. The van der Waals surface area contributed by atoms with Crippen LogP contribution in [0.25, 0.3) is 0 Å². The molecule has 0 saturated heterocycles. The van der Waals surface area contributed by atoms with Gasteiger partial charge < -0.3 is 10.4 Å². The lowest BCUT2D eigenvalue weighted by Crippen LogP contribution is -2.32. The van der Waals surface area contributed by atoms with Crippen molar-refractivity contribution < 1.29 is 18.3 Å². The largest absolute Gasteiger partial charge is 0.481 e. The van der Waals surface area contributed by atoms with E-state index in [0.29, 0.717) is 11.4 Å². The monoisotopic (exact) mass is 411 g/mol. The minimum atomic E-state index is -4.07. The lowest BCUT2D eigenvalue weighted by molar-refractivity contribution is -0.138. The Morgan fingerprint density at radius 2 is 2.19 bits per heavy atom. The minimum absolute atomic E-state index is 0.136. The molecule has 0 heterocycles. The predicted molar refractivity (Wildman–Crippen MR) is 111 cm³/mol. The summed E-state index contributed by atoms with van der Waals surface area (Å²) >= 11 is 1.10. The number of carbonyl (C=O) groups is 1. The van der Waals surface area contributed by atoms with Crippen molar-refractivity contribution in [3.05, 3.63) is 34.1 Å². The molecule has 7 nitrogen and oxygen atoms in total. The fourth-order valence-electron chi connectivity index (χ4n) is 2.32. The maximum Gasteiger partial charge on any atom is 0.314 e. The highest BCUT2D eigenvalue weighted by Crippen LogP contribution is 2.28. The van der Waals surface area contributed by atoms with Gasteiger partial charge >= 0.3 is 5.97 Å². The molecule has 4 N–H and O–H groups in total. The molecule has 1 rings (SSSR count). The number of aliphatic imine (C=N–C) groups is 1. The average molecular weight is 412 g/mol. The first-order valence-corrected chi connectivity index (χ1v) is 10.9.